The highest BCUT2D eigenvalue weighted by Gasteiger charge is 2.53. The van der Waals surface area contributed by atoms with E-state index in [0.29, 0.717) is 16.2 Å². The van der Waals surface area contributed by atoms with Gasteiger partial charge in [-0.1, -0.05) is 66.2 Å². The third-order valence-corrected chi connectivity index (χ3v) is 8.36. The van der Waals surface area contributed by atoms with Crippen molar-refractivity contribution in [3.8, 4) is 11.5 Å². The predicted octanol–water partition coefficient (Wildman–Crippen LogP) is 4.94. The largest absolute Gasteiger partial charge is 0.507 e. The molecule has 3 aliphatic rings. The SMILES string of the molecule is O=C(Nc1ccc(Cl)cc1)OCC12Cc3c(O)c4c(c(O)c3C(C1)OB(c1ccccc1)O2)C(=O)c1ccccc1C4=O. The van der Waals surface area contributed by atoms with Crippen LogP contribution < -0.4 is 10.8 Å². The number of carbonyl (C=O) groups is 3. The number of ketones is 2. The highest BCUT2D eigenvalue weighted by Crippen LogP contribution is 2.53. The van der Waals surface area contributed by atoms with Crippen molar-refractivity contribution in [2.45, 2.75) is 24.5 Å². The summed E-state index contributed by atoms with van der Waals surface area (Å²) in [5.41, 5.74) is 0.135. The molecule has 0 aromatic heterocycles. The summed E-state index contributed by atoms with van der Waals surface area (Å²) in [6, 6.07) is 21.9. The van der Waals surface area contributed by atoms with E-state index in [1.807, 2.05) is 30.3 Å². The monoisotopic (exact) mass is 595 g/mol. The Morgan fingerprint density at radius 2 is 1.56 bits per heavy atom. The van der Waals surface area contributed by atoms with E-state index < -0.39 is 48.0 Å². The van der Waals surface area contributed by atoms with Crippen molar-refractivity contribution >= 4 is 47.5 Å². The van der Waals surface area contributed by atoms with Crippen LogP contribution in [0.1, 0.15) is 55.5 Å². The van der Waals surface area contributed by atoms with Gasteiger partial charge >= 0.3 is 13.2 Å². The molecular weight excluding hydrogens is 573 g/mol. The minimum atomic E-state index is -1.20. The summed E-state index contributed by atoms with van der Waals surface area (Å²) >= 11 is 5.93. The molecule has 43 heavy (non-hydrogen) atoms. The topological polar surface area (TPSA) is 131 Å². The molecule has 1 fully saturated rings. The second-order valence-corrected chi connectivity index (χ2v) is 11.2. The molecule has 2 aliphatic carbocycles. The number of amides is 1. The lowest BCUT2D eigenvalue weighted by Crippen LogP contribution is -2.58. The van der Waals surface area contributed by atoms with Crippen LogP contribution >= 0.6 is 11.6 Å². The number of phenols is 2. The van der Waals surface area contributed by atoms with Crippen LogP contribution in [0.3, 0.4) is 0 Å². The molecule has 1 saturated heterocycles. The third-order valence-electron chi connectivity index (χ3n) is 8.11. The Morgan fingerprint density at radius 3 is 2.23 bits per heavy atom. The number of aromatic hydroxyl groups is 2. The van der Waals surface area contributed by atoms with E-state index in [1.54, 1.807) is 36.4 Å². The zero-order valence-corrected chi connectivity index (χ0v) is 23.3. The Labute approximate surface area is 251 Å². The first-order valence-corrected chi connectivity index (χ1v) is 14.0. The first kappa shape index (κ1) is 27.2. The minimum Gasteiger partial charge on any atom is -0.507 e. The van der Waals surface area contributed by atoms with Gasteiger partial charge in [-0.15, -0.1) is 0 Å². The van der Waals surface area contributed by atoms with Crippen molar-refractivity contribution in [2.24, 2.45) is 0 Å². The summed E-state index contributed by atoms with van der Waals surface area (Å²) in [4.78, 5) is 39.8. The highest BCUT2D eigenvalue weighted by atomic mass is 35.5. The summed E-state index contributed by atoms with van der Waals surface area (Å²) < 4.78 is 18.4. The summed E-state index contributed by atoms with van der Waals surface area (Å²) in [7, 11) is -0.910. The summed E-state index contributed by atoms with van der Waals surface area (Å²) in [6.07, 6.45) is -1.49. The Hall–Kier alpha value is -4.64. The molecule has 1 aliphatic heterocycles. The van der Waals surface area contributed by atoms with Gasteiger partial charge in [0, 0.05) is 45.8 Å². The molecule has 214 valence electrons. The van der Waals surface area contributed by atoms with E-state index in [4.69, 9.17) is 25.6 Å². The van der Waals surface area contributed by atoms with Gasteiger partial charge in [-0.2, -0.15) is 0 Å². The van der Waals surface area contributed by atoms with Crippen LogP contribution in [0.4, 0.5) is 10.5 Å². The number of halogens is 1. The molecule has 9 nitrogen and oxygen atoms in total. The van der Waals surface area contributed by atoms with Crippen LogP contribution in [0.15, 0.2) is 78.9 Å². The predicted molar refractivity (Wildman–Crippen MR) is 157 cm³/mol. The van der Waals surface area contributed by atoms with Gasteiger partial charge in [-0.05, 0) is 29.7 Å². The lowest BCUT2D eigenvalue weighted by atomic mass is 9.68. The summed E-state index contributed by atoms with van der Waals surface area (Å²) in [5.74, 6) is -1.98. The van der Waals surface area contributed by atoms with E-state index in [2.05, 4.69) is 5.32 Å². The van der Waals surface area contributed by atoms with Crippen molar-refractivity contribution in [3.05, 3.63) is 117 Å². The Kier molecular flexibility index (Phi) is 6.50. The Bertz CT molecular complexity index is 1810. The van der Waals surface area contributed by atoms with Gasteiger partial charge in [0.15, 0.2) is 11.6 Å². The van der Waals surface area contributed by atoms with Crippen LogP contribution in [0, 0.1) is 0 Å². The van der Waals surface area contributed by atoms with Crippen molar-refractivity contribution in [2.75, 3.05) is 11.9 Å². The molecule has 4 aromatic carbocycles. The van der Waals surface area contributed by atoms with E-state index in [9.17, 15) is 24.6 Å². The first-order valence-electron chi connectivity index (χ1n) is 13.6. The van der Waals surface area contributed by atoms with E-state index >= 15 is 0 Å². The number of ether oxygens (including phenoxy) is 1. The number of anilines is 1. The summed E-state index contributed by atoms with van der Waals surface area (Å²) in [5, 5.41) is 26.3. The number of rotatable bonds is 4. The summed E-state index contributed by atoms with van der Waals surface area (Å²) in [6.45, 7) is -0.234. The number of nitrogens with one attached hydrogen (secondary N) is 1. The molecule has 0 saturated carbocycles. The van der Waals surface area contributed by atoms with E-state index in [1.165, 1.54) is 12.1 Å². The van der Waals surface area contributed by atoms with Crippen molar-refractivity contribution < 1.29 is 38.6 Å². The van der Waals surface area contributed by atoms with Crippen LogP contribution in [0.5, 0.6) is 11.5 Å². The minimum absolute atomic E-state index is 0.0322. The van der Waals surface area contributed by atoms with Gasteiger partial charge in [0.05, 0.1) is 22.8 Å². The maximum atomic E-state index is 13.5. The van der Waals surface area contributed by atoms with Crippen LogP contribution in [0.2, 0.25) is 5.02 Å². The van der Waals surface area contributed by atoms with E-state index in [0.717, 1.165) is 0 Å². The van der Waals surface area contributed by atoms with Gasteiger partial charge in [-0.25, -0.2) is 4.79 Å². The zero-order valence-electron chi connectivity index (χ0n) is 22.5. The number of benzene rings is 4. The van der Waals surface area contributed by atoms with Crippen LogP contribution in [0.25, 0.3) is 0 Å². The molecule has 11 heteroatoms. The zero-order chi connectivity index (χ0) is 29.9. The fraction of sp³-hybridized carbons (Fsp3) is 0.156. The molecular formula is C32H23BClNO8. The fourth-order valence-corrected chi connectivity index (χ4v) is 6.26. The molecule has 7 rings (SSSR count). The highest BCUT2D eigenvalue weighted by molar-refractivity contribution is 6.61. The number of carbonyl (C=O) groups excluding carboxylic acids is 3. The first-order chi connectivity index (χ1) is 20.7. The maximum Gasteiger partial charge on any atom is 0.494 e. The second-order valence-electron chi connectivity index (χ2n) is 10.8. The molecule has 3 N–H and O–H groups in total. The molecule has 4 aromatic rings. The van der Waals surface area contributed by atoms with Crippen molar-refractivity contribution in [1.82, 2.24) is 0 Å². The van der Waals surface area contributed by atoms with E-state index in [-0.39, 0.29) is 52.8 Å². The molecule has 2 atom stereocenters. The maximum absolute atomic E-state index is 13.5. The normalized spacial score (nSPS) is 20.1. The van der Waals surface area contributed by atoms with Crippen molar-refractivity contribution in [1.29, 1.82) is 0 Å². The van der Waals surface area contributed by atoms with Gasteiger partial charge in [0.1, 0.15) is 18.1 Å². The standard InChI is InChI=1S/C32H23BClNO8/c34-18-10-12-19(13-11-18)35-31(40)41-16-32-14-22-24(23(15-32)42-33(43-32)17-6-2-1-3-7-17)30(39)26-25(29(22)38)27(36)20-8-4-5-9-21(20)28(26)37/h1-13,23,38-39H,14-16H2,(H,35,40). The second kappa shape index (κ2) is 10.3. The Balaban J connectivity index is 1.28. The van der Waals surface area contributed by atoms with Crippen molar-refractivity contribution in [3.63, 3.8) is 0 Å². The third kappa shape index (κ3) is 4.55. The molecule has 0 radical (unpaired) electrons. The average Bonchev–Trinajstić information content (AvgIpc) is 3.02. The molecule has 1 heterocycles. The van der Waals surface area contributed by atoms with Gasteiger partial charge in [0.2, 0.25) is 0 Å². The molecule has 2 unspecified atom stereocenters. The van der Waals surface area contributed by atoms with Gasteiger partial charge in [-0.3, -0.25) is 14.9 Å². The quantitative estimate of drug-likeness (QED) is 0.197. The van der Waals surface area contributed by atoms with Gasteiger partial charge < -0.3 is 24.3 Å². The number of hydrogen-bond donors (Lipinski definition) is 3. The lowest BCUT2D eigenvalue weighted by Gasteiger charge is -2.48. The average molecular weight is 596 g/mol. The van der Waals surface area contributed by atoms with Crippen LogP contribution in [-0.4, -0.2) is 47.2 Å². The number of fused-ring (bicyclic) bond motifs is 6. The number of phenolic OH excluding ortho intramolecular Hbond substituents is 2. The van der Waals surface area contributed by atoms with Crippen LogP contribution in [-0.2, 0) is 20.5 Å². The molecule has 2 bridgehead atoms. The van der Waals surface area contributed by atoms with Gasteiger partial charge in [0.25, 0.3) is 0 Å². The lowest BCUT2D eigenvalue weighted by molar-refractivity contribution is -0.0922. The molecule has 1 amide bonds. The Morgan fingerprint density at radius 1 is 0.930 bits per heavy atom. The smallest absolute Gasteiger partial charge is 0.494 e. The molecule has 0 spiro atoms. The number of hydrogen-bond acceptors (Lipinski definition) is 8. The fourth-order valence-electron chi connectivity index (χ4n) is 6.14.